The second kappa shape index (κ2) is 26.0. The van der Waals surface area contributed by atoms with Gasteiger partial charge in [0.2, 0.25) is 22.8 Å². The molecule has 2 saturated carbocycles. The Balaban J connectivity index is 0.000000148. The van der Waals surface area contributed by atoms with Gasteiger partial charge in [-0.1, -0.05) is 93.1 Å². The number of hydrogen-bond donors (Lipinski definition) is 0. The Kier molecular flexibility index (Phi) is 19.6. The van der Waals surface area contributed by atoms with Crippen LogP contribution in [0.4, 0.5) is 0 Å². The zero-order valence-electron chi connectivity index (χ0n) is 49.7. The molecular formula is C72H92N4+4. The van der Waals surface area contributed by atoms with Crippen molar-refractivity contribution < 1.29 is 18.3 Å². The van der Waals surface area contributed by atoms with Crippen LogP contribution in [0.5, 0.6) is 0 Å². The van der Waals surface area contributed by atoms with Crippen molar-refractivity contribution in [3.05, 3.63) is 212 Å². The van der Waals surface area contributed by atoms with E-state index >= 15 is 0 Å². The molecule has 8 aromatic rings. The fourth-order valence-corrected chi connectivity index (χ4v) is 11.7. The summed E-state index contributed by atoms with van der Waals surface area (Å²) in [5.74, 6) is 1.59. The maximum Gasteiger partial charge on any atom is 0.212 e. The molecule has 0 radical (unpaired) electrons. The summed E-state index contributed by atoms with van der Waals surface area (Å²) in [5.41, 5.74) is 29.9. The minimum Gasteiger partial charge on any atom is -0.201 e. The lowest BCUT2D eigenvalue weighted by atomic mass is 9.83. The first-order chi connectivity index (χ1) is 36.3. The minimum absolute atomic E-state index is 0.790. The maximum absolute atomic E-state index is 2.42. The van der Waals surface area contributed by atoms with Gasteiger partial charge >= 0.3 is 0 Å². The first-order valence-corrected chi connectivity index (χ1v) is 28.6. The molecule has 396 valence electrons. The van der Waals surface area contributed by atoms with Crippen LogP contribution in [0.1, 0.15) is 154 Å². The van der Waals surface area contributed by atoms with E-state index in [0.29, 0.717) is 0 Å². The Hall–Kier alpha value is -6.52. The van der Waals surface area contributed by atoms with Crippen LogP contribution in [-0.4, -0.2) is 0 Å². The van der Waals surface area contributed by atoms with Crippen LogP contribution in [-0.2, 0) is 34.6 Å². The van der Waals surface area contributed by atoms with E-state index in [4.69, 9.17) is 0 Å². The van der Waals surface area contributed by atoms with E-state index < -0.39 is 0 Å². The highest BCUT2D eigenvalue weighted by Crippen LogP contribution is 2.37. The van der Waals surface area contributed by atoms with Crippen LogP contribution in [0.2, 0.25) is 0 Å². The molecule has 2 fully saturated rings. The Morgan fingerprint density at radius 1 is 0.329 bits per heavy atom. The summed E-state index contributed by atoms with van der Waals surface area (Å²) in [5, 5.41) is 0. The van der Waals surface area contributed by atoms with E-state index in [-0.39, 0.29) is 0 Å². The van der Waals surface area contributed by atoms with Gasteiger partial charge in [-0.15, -0.1) is 0 Å². The molecule has 4 heterocycles. The molecule has 4 aromatic heterocycles. The Morgan fingerprint density at radius 2 is 0.684 bits per heavy atom. The number of aromatic nitrogens is 4. The van der Waals surface area contributed by atoms with Gasteiger partial charge in [0, 0.05) is 69.8 Å². The van der Waals surface area contributed by atoms with E-state index in [9.17, 15) is 0 Å². The molecule has 4 heteroatoms. The number of pyridine rings is 4. The SMILES string of the molecule is CCc1ccc(-c2cc(C)c(C)c[n+]2C)c(C)c1.Cc1cc[n+](C)c(-c2ccc(C3CCCC3)cc2C)c1.Cc1cc[n+](C)c(-c2ccc(C3CCCCC3)cc2C)c1.Cc1ccc(-c2cc(C)c(C)c[n+]2C)c(C)c1. The predicted molar refractivity (Wildman–Crippen MR) is 321 cm³/mol. The van der Waals surface area contributed by atoms with Crippen molar-refractivity contribution in [2.45, 2.75) is 159 Å². The van der Waals surface area contributed by atoms with E-state index in [1.807, 2.05) is 0 Å². The van der Waals surface area contributed by atoms with Gasteiger partial charge in [0.1, 0.15) is 28.2 Å². The summed E-state index contributed by atoms with van der Waals surface area (Å²) in [6.07, 6.45) is 22.3. The molecule has 0 N–H and O–H groups in total. The van der Waals surface area contributed by atoms with Gasteiger partial charge < -0.3 is 0 Å². The van der Waals surface area contributed by atoms with Gasteiger partial charge in [-0.3, -0.25) is 0 Å². The molecule has 10 rings (SSSR count). The monoisotopic (exact) mass is 1010 g/mol. The normalized spacial score (nSPS) is 13.5. The van der Waals surface area contributed by atoms with Crippen molar-refractivity contribution in [2.24, 2.45) is 28.2 Å². The molecule has 2 aliphatic rings. The van der Waals surface area contributed by atoms with Gasteiger partial charge in [-0.05, 0) is 206 Å². The first kappa shape index (κ1) is 57.2. The smallest absolute Gasteiger partial charge is 0.201 e. The number of rotatable bonds is 7. The van der Waals surface area contributed by atoms with Crippen molar-refractivity contribution in [3.63, 3.8) is 0 Å². The largest absolute Gasteiger partial charge is 0.212 e. The van der Waals surface area contributed by atoms with E-state index in [2.05, 4.69) is 264 Å². The van der Waals surface area contributed by atoms with Gasteiger partial charge in [-0.2, -0.15) is 0 Å². The average Bonchev–Trinajstić information content (AvgIpc) is 3.95. The molecule has 4 nitrogen and oxygen atoms in total. The lowest BCUT2D eigenvalue weighted by molar-refractivity contribution is -0.660. The highest BCUT2D eigenvalue weighted by atomic mass is 14.9. The molecule has 0 bridgehead atoms. The van der Waals surface area contributed by atoms with Crippen molar-refractivity contribution in [2.75, 3.05) is 0 Å². The molecule has 0 aliphatic heterocycles. The maximum atomic E-state index is 2.42. The quantitative estimate of drug-likeness (QED) is 0.141. The number of aryl methyl sites for hydroxylation is 16. The van der Waals surface area contributed by atoms with Crippen LogP contribution >= 0.6 is 0 Å². The third-order valence-electron chi connectivity index (χ3n) is 16.7. The predicted octanol–water partition coefficient (Wildman–Crippen LogP) is 16.4. The lowest BCUT2D eigenvalue weighted by Crippen LogP contribution is -2.31. The summed E-state index contributed by atoms with van der Waals surface area (Å²) < 4.78 is 8.86. The van der Waals surface area contributed by atoms with Gasteiger partial charge in [0.05, 0.1) is 0 Å². The average molecular weight is 1010 g/mol. The van der Waals surface area contributed by atoms with Crippen LogP contribution in [0.25, 0.3) is 45.0 Å². The molecule has 2 aliphatic carbocycles. The standard InChI is InChI=1S/C20H26N.C19H24N.C17H22N.C16H20N/c1-15-11-12-21(3)20(13-15)19-10-9-18(14-16(19)2)17-7-5-4-6-8-17;1-14-10-11-20(3)19(12-14)18-9-8-17(13-15(18)2)16-6-4-5-7-16;1-6-15-7-8-16(13(3)9-15)17-10-12(2)14(4)11-18(17)5;1-11-6-7-15(13(3)8-11)16-9-12(2)14(4)10-17(16)5/h9-14,17H,4-8H2,1-3H3;8-13,16H,4-7H2,1-3H3;7-11H,6H2,1-5H3;6-10H,1-5H3/q4*+1. The van der Waals surface area contributed by atoms with Crippen molar-refractivity contribution in [1.29, 1.82) is 0 Å². The summed E-state index contributed by atoms with van der Waals surface area (Å²) >= 11 is 0. The van der Waals surface area contributed by atoms with Crippen molar-refractivity contribution in [3.8, 4) is 45.0 Å². The minimum atomic E-state index is 0.790. The molecule has 0 amide bonds. The van der Waals surface area contributed by atoms with Gasteiger partial charge in [-0.25, -0.2) is 18.3 Å². The lowest BCUT2D eigenvalue weighted by Gasteiger charge is -2.22. The number of hydrogen-bond acceptors (Lipinski definition) is 0. The third-order valence-corrected chi connectivity index (χ3v) is 16.7. The van der Waals surface area contributed by atoms with E-state index in [1.165, 1.54) is 170 Å². The molecule has 76 heavy (non-hydrogen) atoms. The van der Waals surface area contributed by atoms with E-state index in [1.54, 1.807) is 11.1 Å². The number of nitrogens with zero attached hydrogens (tertiary/aromatic N) is 4. The highest BCUT2D eigenvalue weighted by Gasteiger charge is 2.22. The van der Waals surface area contributed by atoms with Crippen LogP contribution < -0.4 is 18.3 Å². The molecule has 4 aromatic carbocycles. The molecule has 0 spiro atoms. The molecule has 0 saturated heterocycles. The number of benzene rings is 4. The topological polar surface area (TPSA) is 15.5 Å². The molecular weight excluding hydrogens is 921 g/mol. The van der Waals surface area contributed by atoms with Gasteiger partial charge in [0.25, 0.3) is 0 Å². The van der Waals surface area contributed by atoms with Crippen LogP contribution in [0, 0.1) is 76.2 Å². The second-order valence-electron chi connectivity index (χ2n) is 23.0. The summed E-state index contributed by atoms with van der Waals surface area (Å²) in [6, 6.07) is 41.0. The Bertz CT molecular complexity index is 3290. The Morgan fingerprint density at radius 3 is 1.08 bits per heavy atom. The zero-order valence-corrected chi connectivity index (χ0v) is 49.7. The van der Waals surface area contributed by atoms with Crippen LogP contribution in [0.15, 0.2) is 134 Å². The fourth-order valence-electron chi connectivity index (χ4n) is 11.7. The fraction of sp³-hybridized carbons (Fsp3) is 0.389. The van der Waals surface area contributed by atoms with E-state index in [0.717, 1.165) is 18.3 Å². The zero-order chi connectivity index (χ0) is 54.8. The van der Waals surface area contributed by atoms with Gasteiger partial charge in [0.15, 0.2) is 24.8 Å². The summed E-state index contributed by atoms with van der Waals surface area (Å²) in [6.45, 7) is 26.2. The second-order valence-corrected chi connectivity index (χ2v) is 23.0. The highest BCUT2D eigenvalue weighted by molar-refractivity contribution is 5.65. The summed E-state index contributed by atoms with van der Waals surface area (Å²) in [4.78, 5) is 0. The van der Waals surface area contributed by atoms with Crippen molar-refractivity contribution >= 4 is 0 Å². The first-order valence-electron chi connectivity index (χ1n) is 28.6. The molecule has 0 atom stereocenters. The summed E-state index contributed by atoms with van der Waals surface area (Å²) in [7, 11) is 8.48. The Labute approximate surface area is 460 Å². The van der Waals surface area contributed by atoms with Crippen LogP contribution in [0.3, 0.4) is 0 Å². The van der Waals surface area contributed by atoms with Crippen molar-refractivity contribution in [1.82, 2.24) is 0 Å². The third kappa shape index (κ3) is 14.3. The molecule has 0 unspecified atom stereocenters.